The number of hydrogen-bond acceptors (Lipinski definition) is 4. The van der Waals surface area contributed by atoms with Gasteiger partial charge in [0.1, 0.15) is 11.5 Å². The maximum Gasteiger partial charge on any atom is 0.303 e. The lowest BCUT2D eigenvalue weighted by atomic mass is 10.1. The zero-order valence-corrected chi connectivity index (χ0v) is 14.3. The van der Waals surface area contributed by atoms with Crippen molar-refractivity contribution in [2.75, 3.05) is 14.2 Å². The molecule has 0 unspecified atom stereocenters. The normalized spacial score (nSPS) is 13.4. The van der Waals surface area contributed by atoms with Crippen LogP contribution < -0.4 is 9.47 Å². The molecule has 1 fully saturated rings. The Morgan fingerprint density at radius 2 is 1.88 bits per heavy atom. The summed E-state index contributed by atoms with van der Waals surface area (Å²) in [7, 11) is 3.22. The van der Waals surface area contributed by atoms with E-state index in [1.54, 1.807) is 14.2 Å². The van der Waals surface area contributed by atoms with Crippen molar-refractivity contribution in [3.63, 3.8) is 0 Å². The van der Waals surface area contributed by atoms with Crippen LogP contribution in [-0.4, -0.2) is 42.1 Å². The van der Waals surface area contributed by atoms with Gasteiger partial charge in [-0.2, -0.15) is 0 Å². The van der Waals surface area contributed by atoms with Gasteiger partial charge in [-0.25, -0.2) is 0 Å². The van der Waals surface area contributed by atoms with E-state index < -0.39 is 5.97 Å². The largest absolute Gasteiger partial charge is 0.497 e. The monoisotopic (exact) mass is 335 g/mol. The van der Waals surface area contributed by atoms with Crippen molar-refractivity contribution in [2.24, 2.45) is 0 Å². The molecule has 2 rings (SSSR count). The summed E-state index contributed by atoms with van der Waals surface area (Å²) in [6.07, 6.45) is 3.67. The Balaban J connectivity index is 2.00. The number of benzene rings is 1. The van der Waals surface area contributed by atoms with E-state index in [0.29, 0.717) is 25.8 Å². The lowest BCUT2D eigenvalue weighted by Crippen LogP contribution is -2.32. The third-order valence-electron chi connectivity index (χ3n) is 4.17. The quantitative estimate of drug-likeness (QED) is 0.665. The van der Waals surface area contributed by atoms with Crippen molar-refractivity contribution in [3.8, 4) is 11.5 Å². The van der Waals surface area contributed by atoms with Crippen molar-refractivity contribution in [3.05, 3.63) is 23.8 Å². The summed E-state index contributed by atoms with van der Waals surface area (Å²) in [6, 6.07) is 5.85. The average molecular weight is 335 g/mol. The topological polar surface area (TPSA) is 76.1 Å². The molecule has 0 aromatic heterocycles. The molecule has 0 heterocycles. The van der Waals surface area contributed by atoms with Crippen molar-refractivity contribution >= 4 is 11.9 Å². The molecule has 0 radical (unpaired) electrons. The van der Waals surface area contributed by atoms with Gasteiger partial charge in [-0.05, 0) is 43.9 Å². The number of methoxy groups -OCH3 is 2. The number of carboxylic acid groups (broad SMARTS) is 1. The van der Waals surface area contributed by atoms with E-state index in [1.165, 1.54) is 0 Å². The summed E-state index contributed by atoms with van der Waals surface area (Å²) in [4.78, 5) is 25.0. The zero-order valence-electron chi connectivity index (χ0n) is 14.3. The second-order valence-electron chi connectivity index (χ2n) is 6.03. The van der Waals surface area contributed by atoms with Crippen LogP contribution in [0.4, 0.5) is 0 Å². The summed E-state index contributed by atoms with van der Waals surface area (Å²) in [5.41, 5.74) is 0.919. The van der Waals surface area contributed by atoms with Crippen LogP contribution in [0.3, 0.4) is 0 Å². The Morgan fingerprint density at radius 1 is 1.17 bits per heavy atom. The van der Waals surface area contributed by atoms with Gasteiger partial charge in [0.25, 0.3) is 0 Å². The fourth-order valence-electron chi connectivity index (χ4n) is 2.69. The first kappa shape index (κ1) is 18.1. The van der Waals surface area contributed by atoms with E-state index in [9.17, 15) is 9.59 Å². The molecule has 0 bridgehead atoms. The second kappa shape index (κ2) is 8.57. The highest BCUT2D eigenvalue weighted by molar-refractivity contribution is 5.77. The van der Waals surface area contributed by atoms with E-state index in [4.69, 9.17) is 14.6 Å². The fourth-order valence-corrected chi connectivity index (χ4v) is 2.69. The molecule has 1 aliphatic carbocycles. The lowest BCUT2D eigenvalue weighted by molar-refractivity contribution is -0.137. The van der Waals surface area contributed by atoms with Crippen LogP contribution in [0.15, 0.2) is 18.2 Å². The molecule has 24 heavy (non-hydrogen) atoms. The van der Waals surface area contributed by atoms with Gasteiger partial charge in [0.2, 0.25) is 5.91 Å². The maximum atomic E-state index is 12.5. The number of nitrogens with zero attached hydrogens (tertiary/aromatic N) is 1. The number of amides is 1. The highest BCUT2D eigenvalue weighted by atomic mass is 16.5. The molecule has 1 saturated carbocycles. The summed E-state index contributed by atoms with van der Waals surface area (Å²) in [6.45, 7) is 0.489. The highest BCUT2D eigenvalue weighted by Crippen LogP contribution is 2.32. The van der Waals surface area contributed by atoms with Gasteiger partial charge in [-0.3, -0.25) is 9.59 Å². The first-order chi connectivity index (χ1) is 11.5. The summed E-state index contributed by atoms with van der Waals surface area (Å²) in [5.74, 6) is 0.728. The van der Waals surface area contributed by atoms with Crippen LogP contribution in [0.1, 0.15) is 44.1 Å². The predicted octanol–water partition coefficient (Wildman–Crippen LogP) is 2.84. The molecule has 6 nitrogen and oxygen atoms in total. The number of carboxylic acids is 1. The third-order valence-corrected chi connectivity index (χ3v) is 4.17. The Labute approximate surface area is 142 Å². The van der Waals surface area contributed by atoms with E-state index in [1.807, 2.05) is 23.1 Å². The maximum absolute atomic E-state index is 12.5. The standard InChI is InChI=1S/C18H25NO5/c1-23-15-9-10-16(24-2)13(11-15)12-19(14-7-8-14)17(20)5-3-4-6-18(21)22/h9-11,14H,3-8,12H2,1-2H3,(H,21,22). The van der Waals surface area contributed by atoms with Crippen molar-refractivity contribution < 1.29 is 24.2 Å². The van der Waals surface area contributed by atoms with E-state index in [0.717, 1.165) is 29.9 Å². The first-order valence-electron chi connectivity index (χ1n) is 8.27. The molecular weight excluding hydrogens is 310 g/mol. The number of carbonyl (C=O) groups is 2. The summed E-state index contributed by atoms with van der Waals surface area (Å²) in [5, 5.41) is 8.67. The first-order valence-corrected chi connectivity index (χ1v) is 8.27. The molecule has 6 heteroatoms. The lowest BCUT2D eigenvalue weighted by Gasteiger charge is -2.24. The SMILES string of the molecule is COc1ccc(OC)c(CN(C(=O)CCCCC(=O)O)C2CC2)c1. The number of hydrogen-bond donors (Lipinski definition) is 1. The Bertz CT molecular complexity index is 583. The van der Waals surface area contributed by atoms with Crippen LogP contribution in [-0.2, 0) is 16.1 Å². The van der Waals surface area contributed by atoms with Gasteiger partial charge in [-0.1, -0.05) is 0 Å². The van der Waals surface area contributed by atoms with Crippen LogP contribution in [0.2, 0.25) is 0 Å². The molecule has 1 amide bonds. The van der Waals surface area contributed by atoms with E-state index in [-0.39, 0.29) is 18.4 Å². The molecule has 1 aromatic rings. The number of unbranched alkanes of at least 4 members (excludes halogenated alkanes) is 1. The van der Waals surface area contributed by atoms with Gasteiger partial charge in [0.15, 0.2) is 0 Å². The smallest absolute Gasteiger partial charge is 0.303 e. The number of rotatable bonds is 10. The van der Waals surface area contributed by atoms with E-state index >= 15 is 0 Å². The van der Waals surface area contributed by atoms with E-state index in [2.05, 4.69) is 0 Å². The molecule has 1 aliphatic rings. The molecule has 0 saturated heterocycles. The molecule has 0 aliphatic heterocycles. The van der Waals surface area contributed by atoms with Gasteiger partial charge in [-0.15, -0.1) is 0 Å². The van der Waals surface area contributed by atoms with Crippen LogP contribution in [0.25, 0.3) is 0 Å². The van der Waals surface area contributed by atoms with Crippen molar-refractivity contribution in [2.45, 2.75) is 51.1 Å². The highest BCUT2D eigenvalue weighted by Gasteiger charge is 2.32. The van der Waals surface area contributed by atoms with Crippen molar-refractivity contribution in [1.82, 2.24) is 4.90 Å². The Kier molecular flexibility index (Phi) is 6.46. The van der Waals surface area contributed by atoms with Gasteiger partial charge < -0.3 is 19.5 Å². The third kappa shape index (κ3) is 5.15. The number of carbonyl (C=O) groups excluding carboxylic acids is 1. The average Bonchev–Trinajstić information content (AvgIpc) is 3.40. The minimum atomic E-state index is -0.817. The van der Waals surface area contributed by atoms with Crippen molar-refractivity contribution in [1.29, 1.82) is 0 Å². The summed E-state index contributed by atoms with van der Waals surface area (Å²) >= 11 is 0. The minimum Gasteiger partial charge on any atom is -0.497 e. The fraction of sp³-hybridized carbons (Fsp3) is 0.556. The van der Waals surface area contributed by atoms with Crippen LogP contribution in [0, 0.1) is 0 Å². The number of aliphatic carboxylic acids is 1. The minimum absolute atomic E-state index is 0.0766. The molecule has 0 spiro atoms. The molecule has 0 atom stereocenters. The van der Waals surface area contributed by atoms with Gasteiger partial charge >= 0.3 is 5.97 Å². The Morgan fingerprint density at radius 3 is 2.46 bits per heavy atom. The molecular formula is C18H25NO5. The van der Waals surface area contributed by atoms with Gasteiger partial charge in [0, 0.05) is 31.0 Å². The van der Waals surface area contributed by atoms with Crippen LogP contribution in [0.5, 0.6) is 11.5 Å². The van der Waals surface area contributed by atoms with Crippen LogP contribution >= 0.6 is 0 Å². The molecule has 1 aromatic carbocycles. The molecule has 132 valence electrons. The summed E-state index contributed by atoms with van der Waals surface area (Å²) < 4.78 is 10.7. The second-order valence-corrected chi connectivity index (χ2v) is 6.03. The molecule has 1 N–H and O–H groups in total. The number of ether oxygens (including phenoxy) is 2. The van der Waals surface area contributed by atoms with Gasteiger partial charge in [0.05, 0.1) is 14.2 Å². The predicted molar refractivity (Wildman–Crippen MR) is 89.2 cm³/mol. The zero-order chi connectivity index (χ0) is 17.5. The Hall–Kier alpha value is -2.24.